The second kappa shape index (κ2) is 8.84. The molecule has 0 spiro atoms. The largest absolute Gasteiger partial charge is 0.490 e. The lowest BCUT2D eigenvalue weighted by atomic mass is 10.1. The molecule has 0 aromatic heterocycles. The van der Waals surface area contributed by atoms with E-state index in [0.29, 0.717) is 41.0 Å². The van der Waals surface area contributed by atoms with Crippen LogP contribution in [0.1, 0.15) is 25.0 Å². The van der Waals surface area contributed by atoms with Crippen LogP contribution >= 0.6 is 12.2 Å². The third-order valence-electron chi connectivity index (χ3n) is 4.20. The van der Waals surface area contributed by atoms with Crippen LogP contribution in [0.4, 0.5) is 4.39 Å². The van der Waals surface area contributed by atoms with Gasteiger partial charge >= 0.3 is 0 Å². The van der Waals surface area contributed by atoms with Crippen LogP contribution in [-0.2, 0) is 11.4 Å². The van der Waals surface area contributed by atoms with E-state index in [1.807, 2.05) is 13.8 Å². The van der Waals surface area contributed by atoms with E-state index >= 15 is 0 Å². The van der Waals surface area contributed by atoms with Gasteiger partial charge in [0, 0.05) is 12.1 Å². The lowest BCUT2D eigenvalue weighted by Gasteiger charge is -2.13. The van der Waals surface area contributed by atoms with E-state index in [4.69, 9.17) is 21.7 Å². The summed E-state index contributed by atoms with van der Waals surface area (Å²) in [5.74, 6) is 0.548. The van der Waals surface area contributed by atoms with Crippen molar-refractivity contribution in [3.63, 3.8) is 0 Å². The lowest BCUT2D eigenvalue weighted by molar-refractivity contribution is -0.122. The Hall–Kier alpha value is -2.93. The number of amides is 1. The molecule has 1 aliphatic heterocycles. The molecule has 28 heavy (non-hydrogen) atoms. The van der Waals surface area contributed by atoms with Crippen molar-refractivity contribution in [2.45, 2.75) is 20.5 Å². The molecular weight excluding hydrogens is 379 g/mol. The zero-order chi connectivity index (χ0) is 20.1. The molecule has 0 unspecified atom stereocenters. The summed E-state index contributed by atoms with van der Waals surface area (Å²) in [6.45, 7) is 4.78. The smallest absolute Gasteiger partial charge is 0.276 e. The molecule has 0 aliphatic carbocycles. The first-order chi connectivity index (χ1) is 13.5. The number of thiocarbonyl (C=S) groups is 1. The normalized spacial score (nSPS) is 15.1. The van der Waals surface area contributed by atoms with Crippen LogP contribution in [0.15, 0.2) is 48.2 Å². The van der Waals surface area contributed by atoms with E-state index in [1.165, 1.54) is 11.0 Å². The van der Waals surface area contributed by atoms with Gasteiger partial charge < -0.3 is 14.8 Å². The highest BCUT2D eigenvalue weighted by molar-refractivity contribution is 7.80. The fourth-order valence-corrected chi connectivity index (χ4v) is 3.12. The Kier molecular flexibility index (Phi) is 6.26. The second-order valence-corrected chi connectivity index (χ2v) is 6.44. The van der Waals surface area contributed by atoms with Crippen molar-refractivity contribution in [3.05, 3.63) is 65.1 Å². The van der Waals surface area contributed by atoms with Crippen molar-refractivity contribution >= 4 is 29.3 Å². The van der Waals surface area contributed by atoms with Crippen LogP contribution < -0.4 is 14.8 Å². The molecule has 7 heteroatoms. The van der Waals surface area contributed by atoms with Crippen LogP contribution in [-0.4, -0.2) is 29.1 Å². The molecule has 0 atom stereocenters. The molecule has 0 radical (unpaired) electrons. The number of carbonyl (C=O) groups is 1. The van der Waals surface area contributed by atoms with Crippen LogP contribution in [0.2, 0.25) is 0 Å². The Morgan fingerprint density at radius 3 is 2.61 bits per heavy atom. The van der Waals surface area contributed by atoms with Crippen molar-refractivity contribution in [1.82, 2.24) is 10.2 Å². The minimum absolute atomic E-state index is 0.0902. The monoisotopic (exact) mass is 400 g/mol. The molecule has 0 bridgehead atoms. The molecular formula is C21H21FN2O3S. The zero-order valence-corrected chi connectivity index (χ0v) is 16.5. The van der Waals surface area contributed by atoms with Crippen molar-refractivity contribution in [1.29, 1.82) is 0 Å². The van der Waals surface area contributed by atoms with Crippen molar-refractivity contribution in [2.24, 2.45) is 0 Å². The molecule has 2 aromatic carbocycles. The first-order valence-electron chi connectivity index (χ1n) is 9.01. The first-order valence-corrected chi connectivity index (χ1v) is 9.42. The molecule has 1 amide bonds. The molecule has 2 aromatic rings. The number of ether oxygens (including phenoxy) is 2. The number of hydrogen-bond acceptors (Lipinski definition) is 4. The van der Waals surface area contributed by atoms with Gasteiger partial charge in [-0.05, 0) is 55.9 Å². The van der Waals surface area contributed by atoms with E-state index in [9.17, 15) is 9.18 Å². The van der Waals surface area contributed by atoms with Gasteiger partial charge in [-0.25, -0.2) is 4.39 Å². The predicted octanol–water partition coefficient (Wildman–Crippen LogP) is 3.88. The van der Waals surface area contributed by atoms with Gasteiger partial charge in [0.1, 0.15) is 18.1 Å². The third-order valence-corrected chi connectivity index (χ3v) is 4.52. The van der Waals surface area contributed by atoms with Gasteiger partial charge in [-0.1, -0.05) is 24.3 Å². The number of halogens is 1. The highest BCUT2D eigenvalue weighted by Gasteiger charge is 2.29. The van der Waals surface area contributed by atoms with E-state index in [-0.39, 0.29) is 18.3 Å². The highest BCUT2D eigenvalue weighted by Crippen LogP contribution is 2.30. The average Bonchev–Trinajstić information content (AvgIpc) is 2.95. The quantitative estimate of drug-likeness (QED) is 0.565. The van der Waals surface area contributed by atoms with E-state index < -0.39 is 0 Å². The number of carbonyl (C=O) groups excluding carboxylic acids is 1. The molecule has 5 nitrogen and oxygen atoms in total. The molecule has 1 aliphatic rings. The van der Waals surface area contributed by atoms with Crippen molar-refractivity contribution in [2.75, 3.05) is 13.2 Å². The summed E-state index contributed by atoms with van der Waals surface area (Å²) in [5.41, 5.74) is 1.64. The van der Waals surface area contributed by atoms with Gasteiger partial charge in [0.25, 0.3) is 5.91 Å². The summed E-state index contributed by atoms with van der Waals surface area (Å²) in [6.07, 6.45) is 1.72. The molecule has 146 valence electrons. The third kappa shape index (κ3) is 4.31. The van der Waals surface area contributed by atoms with E-state index in [1.54, 1.807) is 42.5 Å². The number of benzene rings is 2. The molecule has 1 N–H and O–H groups in total. The standard InChI is InChI=1S/C21H21FN2O3S/c1-3-24-20(25)17(23-21(24)28)11-14-9-10-18(19(12-14)26-4-2)27-13-15-7-5-6-8-16(15)22/h5-12H,3-4,13H2,1-2H3,(H,23,28)/b17-11-. The summed E-state index contributed by atoms with van der Waals surface area (Å²) >= 11 is 5.17. The molecule has 1 saturated heterocycles. The summed E-state index contributed by atoms with van der Waals surface area (Å²) in [4.78, 5) is 13.8. The zero-order valence-electron chi connectivity index (χ0n) is 15.7. The van der Waals surface area contributed by atoms with Crippen LogP contribution in [0.25, 0.3) is 6.08 Å². The fourth-order valence-electron chi connectivity index (χ4n) is 2.80. The Bertz CT molecular complexity index is 930. The Morgan fingerprint density at radius 1 is 1.14 bits per heavy atom. The maximum Gasteiger partial charge on any atom is 0.276 e. The van der Waals surface area contributed by atoms with Gasteiger partial charge in [0.15, 0.2) is 16.6 Å². The summed E-state index contributed by atoms with van der Waals surface area (Å²) < 4.78 is 25.2. The highest BCUT2D eigenvalue weighted by atomic mass is 32.1. The Balaban J connectivity index is 1.81. The maximum atomic E-state index is 13.8. The van der Waals surface area contributed by atoms with E-state index in [2.05, 4.69) is 5.32 Å². The van der Waals surface area contributed by atoms with Gasteiger partial charge in [-0.15, -0.1) is 0 Å². The van der Waals surface area contributed by atoms with Gasteiger partial charge in [0.05, 0.1) is 6.61 Å². The van der Waals surface area contributed by atoms with Crippen LogP contribution in [0, 0.1) is 5.82 Å². The number of likely N-dealkylation sites (N-methyl/N-ethyl adjacent to an activating group) is 1. The lowest BCUT2D eigenvalue weighted by Crippen LogP contribution is -2.30. The van der Waals surface area contributed by atoms with Gasteiger partial charge in [-0.3, -0.25) is 9.69 Å². The molecule has 0 saturated carbocycles. The first kappa shape index (κ1) is 19.8. The Labute approximate surface area is 168 Å². The predicted molar refractivity (Wildman–Crippen MR) is 109 cm³/mol. The SMILES string of the molecule is CCOc1cc(/C=C2\NC(=S)N(CC)C2=O)ccc1OCc1ccccc1F. The summed E-state index contributed by atoms with van der Waals surface area (Å²) in [7, 11) is 0. The maximum absolute atomic E-state index is 13.8. The van der Waals surface area contributed by atoms with Gasteiger partial charge in [0.2, 0.25) is 0 Å². The van der Waals surface area contributed by atoms with Gasteiger partial charge in [-0.2, -0.15) is 0 Å². The Morgan fingerprint density at radius 2 is 1.93 bits per heavy atom. The van der Waals surface area contributed by atoms with Crippen LogP contribution in [0.5, 0.6) is 11.5 Å². The minimum atomic E-state index is -0.316. The minimum Gasteiger partial charge on any atom is -0.490 e. The van der Waals surface area contributed by atoms with E-state index in [0.717, 1.165) is 5.56 Å². The average molecular weight is 400 g/mol. The summed E-state index contributed by atoms with van der Waals surface area (Å²) in [6, 6.07) is 11.8. The van der Waals surface area contributed by atoms with Crippen LogP contribution in [0.3, 0.4) is 0 Å². The number of nitrogens with zero attached hydrogens (tertiary/aromatic N) is 1. The molecule has 1 heterocycles. The second-order valence-electron chi connectivity index (χ2n) is 6.06. The molecule has 1 fully saturated rings. The van der Waals surface area contributed by atoms with Crippen molar-refractivity contribution < 1.29 is 18.7 Å². The topological polar surface area (TPSA) is 50.8 Å². The number of hydrogen-bond donors (Lipinski definition) is 1. The number of nitrogens with one attached hydrogen (secondary N) is 1. The molecule has 3 rings (SSSR count). The van der Waals surface area contributed by atoms with Crippen molar-refractivity contribution in [3.8, 4) is 11.5 Å². The number of rotatable bonds is 7. The fraction of sp³-hybridized carbons (Fsp3) is 0.238. The summed E-state index contributed by atoms with van der Waals surface area (Å²) in [5, 5.41) is 3.32.